The average Bonchev–Trinajstić information content (AvgIpc) is 2.16. The lowest BCUT2D eigenvalue weighted by Gasteiger charge is -2.11. The zero-order valence-corrected chi connectivity index (χ0v) is 12.2. The molecular weight excluding hydrogens is 288 g/mol. The van der Waals surface area contributed by atoms with Crippen LogP contribution in [0, 0.1) is 19.8 Å². The van der Waals surface area contributed by atoms with E-state index in [2.05, 4.69) is 15.9 Å². The molecule has 1 unspecified atom stereocenters. The molecule has 0 N–H and O–H groups in total. The van der Waals surface area contributed by atoms with Crippen molar-refractivity contribution in [2.45, 2.75) is 25.7 Å². The molecule has 2 nitrogen and oxygen atoms in total. The predicted octanol–water partition coefficient (Wildman–Crippen LogP) is 3.11. The van der Waals surface area contributed by atoms with Crippen molar-refractivity contribution in [3.05, 3.63) is 29.3 Å². The van der Waals surface area contributed by atoms with Gasteiger partial charge in [-0.25, -0.2) is 8.42 Å². The van der Waals surface area contributed by atoms with Crippen LogP contribution < -0.4 is 0 Å². The highest BCUT2D eigenvalue weighted by Crippen LogP contribution is 2.20. The van der Waals surface area contributed by atoms with Crippen molar-refractivity contribution in [3.63, 3.8) is 0 Å². The number of benzene rings is 1. The van der Waals surface area contributed by atoms with Gasteiger partial charge in [-0.15, -0.1) is 0 Å². The molecule has 0 bridgehead atoms. The van der Waals surface area contributed by atoms with Crippen LogP contribution >= 0.6 is 15.9 Å². The second kappa shape index (κ2) is 5.32. The van der Waals surface area contributed by atoms with Crippen LogP contribution in [0.4, 0.5) is 0 Å². The van der Waals surface area contributed by atoms with Gasteiger partial charge in [0.05, 0.1) is 10.6 Å². The van der Waals surface area contributed by atoms with Gasteiger partial charge in [0, 0.05) is 5.33 Å². The van der Waals surface area contributed by atoms with Gasteiger partial charge in [0.2, 0.25) is 0 Å². The second-order valence-corrected chi connectivity index (χ2v) is 6.96. The first kappa shape index (κ1) is 13.7. The van der Waals surface area contributed by atoms with Crippen molar-refractivity contribution >= 4 is 25.8 Å². The van der Waals surface area contributed by atoms with Crippen LogP contribution in [-0.2, 0) is 9.84 Å². The fourth-order valence-electron chi connectivity index (χ4n) is 1.66. The number of alkyl halides is 1. The van der Waals surface area contributed by atoms with Crippen molar-refractivity contribution in [2.24, 2.45) is 5.92 Å². The van der Waals surface area contributed by atoms with Crippen LogP contribution in [0.1, 0.15) is 18.1 Å². The van der Waals surface area contributed by atoms with E-state index in [-0.39, 0.29) is 11.7 Å². The van der Waals surface area contributed by atoms with Gasteiger partial charge < -0.3 is 0 Å². The number of sulfone groups is 1. The number of aryl methyl sites for hydroxylation is 2. The van der Waals surface area contributed by atoms with E-state index in [0.717, 1.165) is 11.1 Å². The minimum absolute atomic E-state index is 0.130. The fourth-order valence-corrected chi connectivity index (χ4v) is 4.06. The molecule has 90 valence electrons. The lowest BCUT2D eigenvalue weighted by molar-refractivity contribution is 0.583. The first-order valence-electron chi connectivity index (χ1n) is 5.23. The van der Waals surface area contributed by atoms with Crippen LogP contribution in [0.2, 0.25) is 0 Å². The lowest BCUT2D eigenvalue weighted by Crippen LogP contribution is -2.16. The van der Waals surface area contributed by atoms with E-state index in [1.165, 1.54) is 0 Å². The molecule has 0 heterocycles. The first-order valence-corrected chi connectivity index (χ1v) is 8.00. The summed E-state index contributed by atoms with van der Waals surface area (Å²) >= 11 is 3.31. The van der Waals surface area contributed by atoms with Gasteiger partial charge in [0.25, 0.3) is 0 Å². The summed E-state index contributed by atoms with van der Waals surface area (Å²) in [6.45, 7) is 5.74. The first-order chi connectivity index (χ1) is 7.36. The molecule has 0 saturated heterocycles. The standard InChI is InChI=1S/C12H17BrO2S/c1-9-4-5-12(11(3)6-9)16(14,15)8-10(2)7-13/h4-6,10H,7-8H2,1-3H3. The second-order valence-electron chi connectivity index (χ2n) is 4.31. The van der Waals surface area contributed by atoms with Crippen LogP contribution in [0.3, 0.4) is 0 Å². The maximum absolute atomic E-state index is 12.1. The van der Waals surface area contributed by atoms with E-state index in [1.807, 2.05) is 32.9 Å². The number of halogens is 1. The molecule has 0 aliphatic rings. The smallest absolute Gasteiger partial charge is 0.178 e. The average molecular weight is 305 g/mol. The van der Waals surface area contributed by atoms with Gasteiger partial charge in [0.1, 0.15) is 0 Å². The highest BCUT2D eigenvalue weighted by atomic mass is 79.9. The van der Waals surface area contributed by atoms with E-state index in [0.29, 0.717) is 10.2 Å². The van der Waals surface area contributed by atoms with Crippen molar-refractivity contribution in [2.75, 3.05) is 11.1 Å². The van der Waals surface area contributed by atoms with E-state index in [1.54, 1.807) is 6.07 Å². The van der Waals surface area contributed by atoms with Gasteiger partial charge in [-0.05, 0) is 31.4 Å². The Labute approximate surface area is 106 Å². The third-order valence-electron chi connectivity index (χ3n) is 2.43. The molecule has 1 aromatic carbocycles. The largest absolute Gasteiger partial charge is 0.224 e. The molecule has 16 heavy (non-hydrogen) atoms. The van der Waals surface area contributed by atoms with Gasteiger partial charge in [-0.3, -0.25) is 0 Å². The summed E-state index contributed by atoms with van der Waals surface area (Å²) in [7, 11) is -3.15. The summed E-state index contributed by atoms with van der Waals surface area (Å²) < 4.78 is 24.2. The summed E-state index contributed by atoms with van der Waals surface area (Å²) in [6, 6.07) is 5.46. The summed E-state index contributed by atoms with van der Waals surface area (Å²) in [5.74, 6) is 0.327. The molecule has 1 aromatic rings. The Hall–Kier alpha value is -0.350. The Kier molecular flexibility index (Phi) is 4.56. The molecule has 1 atom stereocenters. The summed E-state index contributed by atoms with van der Waals surface area (Å²) in [6.07, 6.45) is 0. The summed E-state index contributed by atoms with van der Waals surface area (Å²) in [5.41, 5.74) is 1.92. The molecule has 0 aliphatic carbocycles. The van der Waals surface area contributed by atoms with Gasteiger partial charge in [-0.1, -0.05) is 40.5 Å². The van der Waals surface area contributed by atoms with Gasteiger partial charge in [-0.2, -0.15) is 0 Å². The quantitative estimate of drug-likeness (QED) is 0.801. The molecule has 4 heteroatoms. The van der Waals surface area contributed by atoms with Crippen LogP contribution in [0.5, 0.6) is 0 Å². The predicted molar refractivity (Wildman–Crippen MR) is 70.9 cm³/mol. The number of hydrogen-bond acceptors (Lipinski definition) is 2. The lowest BCUT2D eigenvalue weighted by atomic mass is 10.2. The van der Waals surface area contributed by atoms with Crippen molar-refractivity contribution in [1.82, 2.24) is 0 Å². The van der Waals surface area contributed by atoms with E-state index in [4.69, 9.17) is 0 Å². The van der Waals surface area contributed by atoms with E-state index < -0.39 is 9.84 Å². The third-order valence-corrected chi connectivity index (χ3v) is 5.67. The molecular formula is C12H17BrO2S. The zero-order chi connectivity index (χ0) is 12.3. The Morgan fingerprint density at radius 2 is 1.94 bits per heavy atom. The normalized spacial score (nSPS) is 13.8. The fraction of sp³-hybridized carbons (Fsp3) is 0.500. The Morgan fingerprint density at radius 3 is 2.44 bits per heavy atom. The highest BCUT2D eigenvalue weighted by Gasteiger charge is 2.19. The maximum atomic E-state index is 12.1. The molecule has 0 aromatic heterocycles. The minimum atomic E-state index is -3.15. The van der Waals surface area contributed by atoms with Crippen LogP contribution in [-0.4, -0.2) is 19.5 Å². The highest BCUT2D eigenvalue weighted by molar-refractivity contribution is 9.09. The minimum Gasteiger partial charge on any atom is -0.224 e. The molecule has 0 spiro atoms. The Morgan fingerprint density at radius 1 is 1.31 bits per heavy atom. The van der Waals surface area contributed by atoms with E-state index in [9.17, 15) is 8.42 Å². The SMILES string of the molecule is Cc1ccc(S(=O)(=O)CC(C)CBr)c(C)c1. The topological polar surface area (TPSA) is 34.1 Å². The van der Waals surface area contributed by atoms with Gasteiger partial charge >= 0.3 is 0 Å². The van der Waals surface area contributed by atoms with Crippen molar-refractivity contribution < 1.29 is 8.42 Å². The Bertz CT molecular complexity index is 466. The van der Waals surface area contributed by atoms with Crippen LogP contribution in [0.25, 0.3) is 0 Å². The van der Waals surface area contributed by atoms with Crippen molar-refractivity contribution in [1.29, 1.82) is 0 Å². The van der Waals surface area contributed by atoms with E-state index >= 15 is 0 Å². The molecule has 0 aliphatic heterocycles. The number of rotatable bonds is 4. The maximum Gasteiger partial charge on any atom is 0.178 e. The van der Waals surface area contributed by atoms with Gasteiger partial charge in [0.15, 0.2) is 9.84 Å². The molecule has 1 rings (SSSR count). The van der Waals surface area contributed by atoms with Crippen LogP contribution in [0.15, 0.2) is 23.1 Å². The number of hydrogen-bond donors (Lipinski definition) is 0. The van der Waals surface area contributed by atoms with Crippen molar-refractivity contribution in [3.8, 4) is 0 Å². The summed E-state index contributed by atoms with van der Waals surface area (Å²) in [5, 5.41) is 0.705. The molecule has 0 fully saturated rings. The zero-order valence-electron chi connectivity index (χ0n) is 9.83. The molecule has 0 radical (unpaired) electrons. The monoisotopic (exact) mass is 304 g/mol. The Balaban J connectivity index is 3.08. The molecule has 0 amide bonds. The molecule has 0 saturated carbocycles. The summed E-state index contributed by atoms with van der Waals surface area (Å²) in [4.78, 5) is 0.464. The third kappa shape index (κ3) is 3.32.